The van der Waals surface area contributed by atoms with Crippen LogP contribution in [0, 0.1) is 23.3 Å². The predicted octanol–water partition coefficient (Wildman–Crippen LogP) is 5.84. The van der Waals surface area contributed by atoms with Gasteiger partial charge in [0.25, 0.3) is 0 Å². The summed E-state index contributed by atoms with van der Waals surface area (Å²) in [5, 5.41) is 0. The lowest BCUT2D eigenvalue weighted by Crippen LogP contribution is -2.04. The van der Waals surface area contributed by atoms with E-state index in [-0.39, 0.29) is 11.5 Å². The molecule has 3 aromatic rings. The van der Waals surface area contributed by atoms with E-state index in [1.807, 2.05) is 0 Å². The zero-order chi connectivity index (χ0) is 20.3. The number of benzene rings is 3. The van der Waals surface area contributed by atoms with E-state index >= 15 is 0 Å². The van der Waals surface area contributed by atoms with Crippen molar-refractivity contribution in [3.8, 4) is 34.5 Å². The normalized spacial score (nSPS) is 10.5. The Morgan fingerprint density at radius 1 is 0.464 bits per heavy atom. The number of methoxy groups -OCH3 is 2. The van der Waals surface area contributed by atoms with Gasteiger partial charge < -0.3 is 18.9 Å². The van der Waals surface area contributed by atoms with E-state index in [4.69, 9.17) is 18.9 Å². The van der Waals surface area contributed by atoms with Gasteiger partial charge in [-0.1, -0.05) is 0 Å². The first kappa shape index (κ1) is 19.3. The van der Waals surface area contributed by atoms with Crippen molar-refractivity contribution in [3.05, 3.63) is 71.8 Å². The zero-order valence-corrected chi connectivity index (χ0v) is 14.8. The summed E-state index contributed by atoms with van der Waals surface area (Å²) in [5.74, 6) is -8.48. The topological polar surface area (TPSA) is 36.9 Å². The van der Waals surface area contributed by atoms with Gasteiger partial charge in [0.15, 0.2) is 0 Å². The van der Waals surface area contributed by atoms with E-state index < -0.39 is 34.8 Å². The van der Waals surface area contributed by atoms with Crippen LogP contribution in [0.3, 0.4) is 0 Å². The van der Waals surface area contributed by atoms with Crippen molar-refractivity contribution in [2.24, 2.45) is 0 Å². The molecule has 3 aromatic carbocycles. The summed E-state index contributed by atoms with van der Waals surface area (Å²) < 4.78 is 77.1. The molecule has 0 aliphatic heterocycles. The Balaban J connectivity index is 1.93. The van der Waals surface area contributed by atoms with Crippen LogP contribution >= 0.6 is 0 Å². The Morgan fingerprint density at radius 3 is 0.964 bits per heavy atom. The molecule has 0 heterocycles. The summed E-state index contributed by atoms with van der Waals surface area (Å²) in [7, 11) is 2.86. The molecule has 28 heavy (non-hydrogen) atoms. The highest BCUT2D eigenvalue weighted by molar-refractivity contribution is 5.44. The van der Waals surface area contributed by atoms with Gasteiger partial charge in [-0.2, -0.15) is 17.6 Å². The maximum absolute atomic E-state index is 14.3. The fraction of sp³-hybridized carbons (Fsp3) is 0.100. The van der Waals surface area contributed by atoms with Gasteiger partial charge in [-0.3, -0.25) is 0 Å². The Kier molecular flexibility index (Phi) is 5.58. The van der Waals surface area contributed by atoms with Crippen molar-refractivity contribution < 1.29 is 36.5 Å². The van der Waals surface area contributed by atoms with Crippen LogP contribution in [0.15, 0.2) is 48.5 Å². The van der Waals surface area contributed by atoms with Crippen molar-refractivity contribution in [2.75, 3.05) is 14.2 Å². The minimum atomic E-state index is -1.72. The predicted molar refractivity (Wildman–Crippen MR) is 92.4 cm³/mol. The van der Waals surface area contributed by atoms with Crippen LogP contribution in [0.2, 0.25) is 0 Å². The average Bonchev–Trinajstić information content (AvgIpc) is 2.73. The monoisotopic (exact) mass is 394 g/mol. The van der Waals surface area contributed by atoms with Crippen LogP contribution in [0.4, 0.5) is 17.6 Å². The first-order chi connectivity index (χ1) is 13.4. The molecule has 0 spiro atoms. The van der Waals surface area contributed by atoms with Gasteiger partial charge >= 0.3 is 0 Å². The number of halogens is 4. The molecule has 0 radical (unpaired) electrons. The van der Waals surface area contributed by atoms with E-state index in [1.165, 1.54) is 62.8 Å². The average molecular weight is 394 g/mol. The molecule has 0 atom stereocenters. The third-order valence-corrected chi connectivity index (χ3v) is 3.74. The SMILES string of the molecule is COc1ccc(Oc2c(F)c(F)c(Oc3ccc(OC)cc3)c(F)c2F)cc1. The Bertz CT molecular complexity index is 863. The lowest BCUT2D eigenvalue weighted by atomic mass is 10.2. The van der Waals surface area contributed by atoms with Crippen LogP contribution in [-0.4, -0.2) is 14.2 Å². The fourth-order valence-corrected chi connectivity index (χ4v) is 2.29. The van der Waals surface area contributed by atoms with Gasteiger partial charge in [-0.25, -0.2) is 0 Å². The number of hydrogen-bond acceptors (Lipinski definition) is 4. The summed E-state index contributed by atoms with van der Waals surface area (Å²) in [6.45, 7) is 0. The third kappa shape index (κ3) is 3.80. The Labute approximate surface area is 157 Å². The largest absolute Gasteiger partial charge is 0.497 e. The third-order valence-electron chi connectivity index (χ3n) is 3.74. The van der Waals surface area contributed by atoms with Gasteiger partial charge in [-0.05, 0) is 48.5 Å². The maximum atomic E-state index is 14.3. The van der Waals surface area contributed by atoms with Crippen molar-refractivity contribution in [1.29, 1.82) is 0 Å². The first-order valence-electron chi connectivity index (χ1n) is 7.94. The van der Waals surface area contributed by atoms with Gasteiger partial charge in [0, 0.05) is 0 Å². The second-order valence-electron chi connectivity index (χ2n) is 5.47. The number of hydrogen-bond donors (Lipinski definition) is 0. The van der Waals surface area contributed by atoms with Crippen LogP contribution in [0.1, 0.15) is 0 Å². The molecule has 0 amide bonds. The highest BCUT2D eigenvalue weighted by Crippen LogP contribution is 2.39. The van der Waals surface area contributed by atoms with Crippen LogP contribution in [-0.2, 0) is 0 Å². The molecular formula is C20H14F4O4. The van der Waals surface area contributed by atoms with Crippen LogP contribution in [0.25, 0.3) is 0 Å². The molecule has 146 valence electrons. The van der Waals surface area contributed by atoms with Crippen molar-refractivity contribution in [3.63, 3.8) is 0 Å². The summed E-state index contributed by atoms with van der Waals surface area (Å²) >= 11 is 0. The Hall–Kier alpha value is -3.42. The van der Waals surface area contributed by atoms with E-state index in [1.54, 1.807) is 0 Å². The van der Waals surface area contributed by atoms with Gasteiger partial charge in [0.2, 0.25) is 34.8 Å². The molecule has 0 aliphatic rings. The molecule has 0 saturated carbocycles. The molecule has 0 fully saturated rings. The van der Waals surface area contributed by atoms with Crippen molar-refractivity contribution >= 4 is 0 Å². The quantitative estimate of drug-likeness (QED) is 0.389. The van der Waals surface area contributed by atoms with Gasteiger partial charge in [-0.15, -0.1) is 0 Å². The molecule has 0 aromatic heterocycles. The van der Waals surface area contributed by atoms with E-state index in [0.717, 1.165) is 0 Å². The molecule has 0 unspecified atom stereocenters. The van der Waals surface area contributed by atoms with Crippen molar-refractivity contribution in [1.82, 2.24) is 0 Å². The number of rotatable bonds is 6. The molecule has 4 nitrogen and oxygen atoms in total. The van der Waals surface area contributed by atoms with Gasteiger partial charge in [0.05, 0.1) is 14.2 Å². The second kappa shape index (κ2) is 8.08. The van der Waals surface area contributed by atoms with Gasteiger partial charge in [0.1, 0.15) is 23.0 Å². The fourth-order valence-electron chi connectivity index (χ4n) is 2.29. The summed E-state index contributed by atoms with van der Waals surface area (Å²) in [6.07, 6.45) is 0. The zero-order valence-electron chi connectivity index (χ0n) is 14.8. The summed E-state index contributed by atoms with van der Waals surface area (Å²) in [4.78, 5) is 0. The first-order valence-corrected chi connectivity index (χ1v) is 7.94. The summed E-state index contributed by atoms with van der Waals surface area (Å²) in [6, 6.07) is 11.1. The molecular weight excluding hydrogens is 380 g/mol. The smallest absolute Gasteiger partial charge is 0.208 e. The van der Waals surface area contributed by atoms with E-state index in [9.17, 15) is 17.6 Å². The molecule has 8 heteroatoms. The van der Waals surface area contributed by atoms with Crippen LogP contribution in [0.5, 0.6) is 34.5 Å². The molecule has 0 aliphatic carbocycles. The maximum Gasteiger partial charge on any atom is 0.208 e. The van der Waals surface area contributed by atoms with Crippen LogP contribution < -0.4 is 18.9 Å². The Morgan fingerprint density at radius 2 is 0.714 bits per heavy atom. The van der Waals surface area contributed by atoms with Crippen molar-refractivity contribution in [2.45, 2.75) is 0 Å². The lowest BCUT2D eigenvalue weighted by molar-refractivity contribution is 0.330. The van der Waals surface area contributed by atoms with E-state index in [2.05, 4.69) is 0 Å². The molecule has 3 rings (SSSR count). The molecule has 0 bridgehead atoms. The molecule has 0 saturated heterocycles. The highest BCUT2D eigenvalue weighted by Gasteiger charge is 2.29. The number of ether oxygens (including phenoxy) is 4. The minimum Gasteiger partial charge on any atom is -0.497 e. The minimum absolute atomic E-state index is 0.0405. The standard InChI is InChI=1S/C20H14F4O4/c1-25-11-3-7-13(8-4-11)27-19-15(21)17(23)20(18(24)16(19)22)28-14-9-5-12(26-2)6-10-14/h3-10H,1-2H3. The lowest BCUT2D eigenvalue weighted by Gasteiger charge is -2.14. The second-order valence-corrected chi connectivity index (χ2v) is 5.47. The highest BCUT2D eigenvalue weighted by atomic mass is 19.2. The van der Waals surface area contributed by atoms with E-state index in [0.29, 0.717) is 11.5 Å². The summed E-state index contributed by atoms with van der Waals surface area (Å²) in [5.41, 5.74) is 0. The molecule has 0 N–H and O–H groups in total.